The Morgan fingerprint density at radius 3 is 2.94 bits per heavy atom. The van der Waals surface area contributed by atoms with E-state index < -0.39 is 0 Å². The van der Waals surface area contributed by atoms with Crippen molar-refractivity contribution in [3.05, 3.63) is 18.2 Å². The molecule has 0 saturated heterocycles. The first-order valence-electron chi connectivity index (χ1n) is 5.71. The highest BCUT2D eigenvalue weighted by Crippen LogP contribution is 2.17. The molecule has 0 aliphatic heterocycles. The van der Waals surface area contributed by atoms with Gasteiger partial charge in [0.25, 0.3) is 5.91 Å². The fourth-order valence-corrected chi connectivity index (χ4v) is 2.16. The molecule has 2 atom stereocenters. The molecule has 1 aliphatic rings. The Hall–Kier alpha value is -1.36. The van der Waals surface area contributed by atoms with E-state index in [1.54, 1.807) is 17.1 Å². The van der Waals surface area contributed by atoms with Gasteiger partial charge in [-0.1, -0.05) is 12.8 Å². The van der Waals surface area contributed by atoms with Crippen LogP contribution in [0, 0.1) is 0 Å². The quantitative estimate of drug-likeness (QED) is 0.761. The van der Waals surface area contributed by atoms with Gasteiger partial charge in [-0.05, 0) is 12.8 Å². The van der Waals surface area contributed by atoms with Crippen LogP contribution in [-0.2, 0) is 7.05 Å². The zero-order valence-electron chi connectivity index (χ0n) is 9.52. The Bertz CT molecular complexity index is 374. The van der Waals surface area contributed by atoms with E-state index in [4.69, 9.17) is 5.73 Å². The molecule has 2 rings (SSSR count). The Balaban J connectivity index is 1.99. The molecule has 0 radical (unpaired) electrons. The van der Waals surface area contributed by atoms with Crippen molar-refractivity contribution in [2.75, 3.05) is 0 Å². The van der Waals surface area contributed by atoms with Gasteiger partial charge in [0.2, 0.25) is 0 Å². The first-order chi connectivity index (χ1) is 7.68. The molecule has 2 unspecified atom stereocenters. The van der Waals surface area contributed by atoms with Gasteiger partial charge in [-0.3, -0.25) is 4.79 Å². The summed E-state index contributed by atoms with van der Waals surface area (Å²) in [5.74, 6) is -0.0812. The molecule has 0 bridgehead atoms. The number of amides is 1. The Morgan fingerprint density at radius 2 is 2.31 bits per heavy atom. The third-order valence-electron chi connectivity index (χ3n) is 3.19. The summed E-state index contributed by atoms with van der Waals surface area (Å²) in [7, 11) is 1.81. The van der Waals surface area contributed by atoms with Crippen LogP contribution in [0.2, 0.25) is 0 Å². The first-order valence-corrected chi connectivity index (χ1v) is 5.71. The number of imidazole rings is 1. The molecule has 1 aromatic rings. The Labute approximate surface area is 95.0 Å². The van der Waals surface area contributed by atoms with Crippen molar-refractivity contribution in [3.8, 4) is 0 Å². The van der Waals surface area contributed by atoms with Crippen LogP contribution in [0.3, 0.4) is 0 Å². The lowest BCUT2D eigenvalue weighted by molar-refractivity contribution is 0.0913. The molecule has 1 aliphatic carbocycles. The lowest BCUT2D eigenvalue weighted by Gasteiger charge is -2.29. The van der Waals surface area contributed by atoms with Gasteiger partial charge in [0.1, 0.15) is 5.69 Å². The number of hydrogen-bond donors (Lipinski definition) is 2. The molecular weight excluding hydrogens is 204 g/mol. The molecule has 0 aromatic carbocycles. The maximum absolute atomic E-state index is 11.9. The van der Waals surface area contributed by atoms with Crippen LogP contribution in [0.4, 0.5) is 0 Å². The largest absolute Gasteiger partial charge is 0.346 e. The van der Waals surface area contributed by atoms with Gasteiger partial charge in [0, 0.05) is 19.1 Å². The number of aryl methyl sites for hydroxylation is 1. The van der Waals surface area contributed by atoms with Crippen molar-refractivity contribution in [1.29, 1.82) is 0 Å². The van der Waals surface area contributed by atoms with Crippen LogP contribution >= 0.6 is 0 Å². The summed E-state index contributed by atoms with van der Waals surface area (Å²) in [5, 5.41) is 2.99. The minimum Gasteiger partial charge on any atom is -0.346 e. The molecule has 1 aromatic heterocycles. The van der Waals surface area contributed by atoms with E-state index in [-0.39, 0.29) is 18.0 Å². The number of aromatic nitrogens is 2. The number of nitrogens with two attached hydrogens (primary N) is 1. The van der Waals surface area contributed by atoms with Crippen molar-refractivity contribution in [3.63, 3.8) is 0 Å². The SMILES string of the molecule is Cn1cncc1C(=O)NC1CCCCC1N. The van der Waals surface area contributed by atoms with E-state index in [1.165, 1.54) is 6.42 Å². The van der Waals surface area contributed by atoms with Crippen LogP contribution < -0.4 is 11.1 Å². The molecule has 5 nitrogen and oxygen atoms in total. The van der Waals surface area contributed by atoms with E-state index in [9.17, 15) is 4.79 Å². The standard InChI is InChI=1S/C11H18N4O/c1-15-7-13-6-10(15)11(16)14-9-5-3-2-4-8(9)12/h6-9H,2-5,12H2,1H3,(H,14,16). The van der Waals surface area contributed by atoms with Gasteiger partial charge in [-0.2, -0.15) is 0 Å². The maximum Gasteiger partial charge on any atom is 0.269 e. The van der Waals surface area contributed by atoms with Crippen LogP contribution in [0.1, 0.15) is 36.2 Å². The second-order valence-corrected chi connectivity index (χ2v) is 4.42. The van der Waals surface area contributed by atoms with Crippen LogP contribution in [0.25, 0.3) is 0 Å². The number of nitrogens with one attached hydrogen (secondary N) is 1. The summed E-state index contributed by atoms with van der Waals surface area (Å²) in [5.41, 5.74) is 6.56. The van der Waals surface area contributed by atoms with Crippen LogP contribution in [0.15, 0.2) is 12.5 Å². The Kier molecular flexibility index (Phi) is 3.24. The molecule has 1 heterocycles. The average Bonchev–Trinajstić information content (AvgIpc) is 2.68. The first kappa shape index (κ1) is 11.1. The second-order valence-electron chi connectivity index (χ2n) is 4.42. The van der Waals surface area contributed by atoms with Crippen LogP contribution in [0.5, 0.6) is 0 Å². The van der Waals surface area contributed by atoms with E-state index in [0.29, 0.717) is 5.69 Å². The molecule has 1 amide bonds. The molecule has 3 N–H and O–H groups in total. The van der Waals surface area contributed by atoms with Gasteiger partial charge < -0.3 is 15.6 Å². The van der Waals surface area contributed by atoms with Crippen molar-refractivity contribution in [1.82, 2.24) is 14.9 Å². The minimum absolute atomic E-state index is 0.0812. The zero-order chi connectivity index (χ0) is 11.5. The maximum atomic E-state index is 11.9. The highest BCUT2D eigenvalue weighted by atomic mass is 16.2. The number of rotatable bonds is 2. The summed E-state index contributed by atoms with van der Waals surface area (Å²) < 4.78 is 1.71. The third-order valence-corrected chi connectivity index (χ3v) is 3.19. The number of carbonyl (C=O) groups excluding carboxylic acids is 1. The van der Waals surface area contributed by atoms with Gasteiger partial charge in [-0.25, -0.2) is 4.98 Å². The summed E-state index contributed by atoms with van der Waals surface area (Å²) >= 11 is 0. The van der Waals surface area contributed by atoms with Gasteiger partial charge >= 0.3 is 0 Å². The highest BCUT2D eigenvalue weighted by molar-refractivity contribution is 5.92. The van der Waals surface area contributed by atoms with Crippen molar-refractivity contribution in [2.24, 2.45) is 12.8 Å². The van der Waals surface area contributed by atoms with E-state index in [2.05, 4.69) is 10.3 Å². The smallest absolute Gasteiger partial charge is 0.269 e. The summed E-state index contributed by atoms with van der Waals surface area (Å²) in [6.45, 7) is 0. The fourth-order valence-electron chi connectivity index (χ4n) is 2.16. The summed E-state index contributed by atoms with van der Waals surface area (Å²) in [6.07, 6.45) is 7.48. The molecule has 5 heteroatoms. The number of hydrogen-bond acceptors (Lipinski definition) is 3. The molecule has 0 spiro atoms. The topological polar surface area (TPSA) is 72.9 Å². The normalized spacial score (nSPS) is 25.4. The number of carbonyl (C=O) groups is 1. The van der Waals surface area contributed by atoms with Crippen LogP contribution in [-0.4, -0.2) is 27.5 Å². The predicted octanol–water partition coefficient (Wildman–Crippen LogP) is 0.420. The van der Waals surface area contributed by atoms with Gasteiger partial charge in [0.05, 0.1) is 12.5 Å². The van der Waals surface area contributed by atoms with Gasteiger partial charge in [0.15, 0.2) is 0 Å². The number of nitrogens with zero attached hydrogens (tertiary/aromatic N) is 2. The highest BCUT2D eigenvalue weighted by Gasteiger charge is 2.24. The van der Waals surface area contributed by atoms with E-state index in [0.717, 1.165) is 19.3 Å². The molecule has 1 fully saturated rings. The van der Waals surface area contributed by atoms with E-state index in [1.807, 2.05) is 7.05 Å². The van der Waals surface area contributed by atoms with E-state index >= 15 is 0 Å². The summed E-state index contributed by atoms with van der Waals surface area (Å²) in [4.78, 5) is 15.8. The molecule has 88 valence electrons. The molecule has 1 saturated carbocycles. The van der Waals surface area contributed by atoms with Crippen molar-refractivity contribution in [2.45, 2.75) is 37.8 Å². The Morgan fingerprint density at radius 1 is 1.56 bits per heavy atom. The van der Waals surface area contributed by atoms with Gasteiger partial charge in [-0.15, -0.1) is 0 Å². The lowest BCUT2D eigenvalue weighted by Crippen LogP contribution is -2.49. The lowest BCUT2D eigenvalue weighted by atomic mass is 9.91. The second kappa shape index (κ2) is 4.65. The minimum atomic E-state index is -0.0812. The van der Waals surface area contributed by atoms with Crippen molar-refractivity contribution >= 4 is 5.91 Å². The van der Waals surface area contributed by atoms with Crippen molar-refractivity contribution < 1.29 is 4.79 Å². The average molecular weight is 222 g/mol. The monoisotopic (exact) mass is 222 g/mol. The zero-order valence-corrected chi connectivity index (χ0v) is 9.52. The molecule has 16 heavy (non-hydrogen) atoms. The predicted molar refractivity (Wildman–Crippen MR) is 60.9 cm³/mol. The summed E-state index contributed by atoms with van der Waals surface area (Å²) in [6, 6.07) is 0.196. The fraction of sp³-hybridized carbons (Fsp3) is 0.636. The molecular formula is C11H18N4O. The third kappa shape index (κ3) is 2.24.